The highest BCUT2D eigenvalue weighted by molar-refractivity contribution is 7.98. The number of carbonyl (C=O) groups is 3. The molecule has 2 aromatic rings. The van der Waals surface area contributed by atoms with E-state index < -0.39 is 30.1 Å². The Morgan fingerprint density at radius 3 is 2.21 bits per heavy atom. The molecule has 0 saturated carbocycles. The van der Waals surface area contributed by atoms with Crippen molar-refractivity contribution in [1.29, 1.82) is 0 Å². The molecule has 0 saturated heterocycles. The Hall–Kier alpha value is -3.44. The topological polar surface area (TPSA) is 105 Å². The number of benzene rings is 2. The van der Waals surface area contributed by atoms with Crippen molar-refractivity contribution in [2.75, 3.05) is 18.6 Å². The number of aliphatic carboxylic acids is 1. The average molecular weight is 467 g/mol. The van der Waals surface area contributed by atoms with Gasteiger partial charge < -0.3 is 20.5 Å². The summed E-state index contributed by atoms with van der Waals surface area (Å²) < 4.78 is 5.47. The Labute approximate surface area is 197 Å². The maximum Gasteiger partial charge on any atom is 0.407 e. The lowest BCUT2D eigenvalue weighted by Crippen LogP contribution is -2.51. The molecule has 0 spiro atoms. The minimum Gasteiger partial charge on any atom is -0.480 e. The molecule has 172 valence electrons. The minimum absolute atomic E-state index is 0.0924. The van der Waals surface area contributed by atoms with E-state index in [1.165, 1.54) is 11.8 Å². The molecule has 0 aliphatic heterocycles. The predicted molar refractivity (Wildman–Crippen MR) is 128 cm³/mol. The number of hydrogen-bond acceptors (Lipinski definition) is 5. The second-order valence-corrected chi connectivity index (χ2v) is 8.60. The van der Waals surface area contributed by atoms with Gasteiger partial charge in [0.25, 0.3) is 0 Å². The summed E-state index contributed by atoms with van der Waals surface area (Å²) in [5.74, 6) is 0.989. The molecule has 0 heterocycles. The van der Waals surface area contributed by atoms with Gasteiger partial charge in [-0.1, -0.05) is 48.5 Å². The van der Waals surface area contributed by atoms with Gasteiger partial charge in [-0.3, -0.25) is 4.79 Å². The van der Waals surface area contributed by atoms with Crippen molar-refractivity contribution in [3.63, 3.8) is 0 Å². The lowest BCUT2D eigenvalue weighted by molar-refractivity contribution is -0.142. The van der Waals surface area contributed by atoms with Gasteiger partial charge in [0.2, 0.25) is 5.91 Å². The highest BCUT2D eigenvalue weighted by Gasteiger charge is 2.30. The number of carbonyl (C=O) groups excluding carboxylic acids is 2. The molecule has 0 aromatic heterocycles. The van der Waals surface area contributed by atoms with Crippen LogP contribution >= 0.6 is 11.8 Å². The largest absolute Gasteiger partial charge is 0.480 e. The summed E-state index contributed by atoms with van der Waals surface area (Å²) in [4.78, 5) is 36.5. The molecule has 3 N–H and O–H groups in total. The number of thioether (sulfide) groups is 1. The molecule has 8 heteroatoms. The third kappa shape index (κ3) is 5.88. The van der Waals surface area contributed by atoms with Gasteiger partial charge in [-0.25, -0.2) is 9.59 Å². The number of terminal acetylenes is 1. The fourth-order valence-electron chi connectivity index (χ4n) is 3.87. The Balaban J connectivity index is 1.63. The second-order valence-electron chi connectivity index (χ2n) is 7.61. The first-order valence-electron chi connectivity index (χ1n) is 10.5. The molecule has 33 heavy (non-hydrogen) atoms. The second kappa shape index (κ2) is 11.4. The van der Waals surface area contributed by atoms with E-state index in [0.29, 0.717) is 5.75 Å². The van der Waals surface area contributed by atoms with Crippen LogP contribution in [0.5, 0.6) is 0 Å². The van der Waals surface area contributed by atoms with Crippen molar-refractivity contribution in [2.24, 2.45) is 0 Å². The summed E-state index contributed by atoms with van der Waals surface area (Å²) in [5, 5.41) is 14.3. The molecular formula is C25H26N2O5S. The molecule has 2 atom stereocenters. The van der Waals surface area contributed by atoms with Crippen LogP contribution in [0, 0.1) is 12.3 Å². The van der Waals surface area contributed by atoms with Gasteiger partial charge >= 0.3 is 12.1 Å². The van der Waals surface area contributed by atoms with Gasteiger partial charge in [0, 0.05) is 12.3 Å². The van der Waals surface area contributed by atoms with E-state index in [2.05, 4.69) is 16.6 Å². The van der Waals surface area contributed by atoms with Crippen LogP contribution in [0.1, 0.15) is 29.9 Å². The minimum atomic E-state index is -1.14. The van der Waals surface area contributed by atoms with Crippen LogP contribution in [0.4, 0.5) is 4.79 Å². The molecule has 2 aromatic carbocycles. The van der Waals surface area contributed by atoms with E-state index in [0.717, 1.165) is 22.3 Å². The van der Waals surface area contributed by atoms with Crippen LogP contribution in [0.3, 0.4) is 0 Å². The summed E-state index contributed by atoms with van der Waals surface area (Å²) in [5.41, 5.74) is 4.36. The highest BCUT2D eigenvalue weighted by atomic mass is 32.2. The average Bonchev–Trinajstić information content (AvgIpc) is 3.13. The van der Waals surface area contributed by atoms with Crippen LogP contribution in [-0.2, 0) is 14.3 Å². The van der Waals surface area contributed by atoms with E-state index in [9.17, 15) is 19.5 Å². The summed E-state index contributed by atoms with van der Waals surface area (Å²) in [6.07, 6.45) is 6.58. The zero-order valence-corrected chi connectivity index (χ0v) is 19.1. The summed E-state index contributed by atoms with van der Waals surface area (Å²) in [6, 6.07) is 13.8. The maximum atomic E-state index is 12.6. The third-order valence-electron chi connectivity index (χ3n) is 5.50. The predicted octanol–water partition coefficient (Wildman–Crippen LogP) is 3.24. The van der Waals surface area contributed by atoms with Gasteiger partial charge in [-0.2, -0.15) is 11.8 Å². The number of carboxylic acid groups (broad SMARTS) is 1. The van der Waals surface area contributed by atoms with E-state index in [4.69, 9.17) is 11.2 Å². The zero-order chi connectivity index (χ0) is 23.8. The molecule has 0 fully saturated rings. The number of amides is 2. The molecule has 1 aliphatic carbocycles. The Kier molecular flexibility index (Phi) is 8.39. The fraction of sp³-hybridized carbons (Fsp3) is 0.320. The Morgan fingerprint density at radius 2 is 1.67 bits per heavy atom. The third-order valence-corrected chi connectivity index (χ3v) is 6.14. The van der Waals surface area contributed by atoms with Crippen molar-refractivity contribution >= 4 is 29.7 Å². The van der Waals surface area contributed by atoms with Crippen LogP contribution in [0.25, 0.3) is 11.1 Å². The summed E-state index contributed by atoms with van der Waals surface area (Å²) >= 11 is 1.48. The molecule has 7 nitrogen and oxygen atoms in total. The van der Waals surface area contributed by atoms with Crippen molar-refractivity contribution < 1.29 is 24.2 Å². The first-order chi connectivity index (χ1) is 16.0. The first kappa shape index (κ1) is 24.2. The van der Waals surface area contributed by atoms with Crippen LogP contribution in [-0.4, -0.2) is 53.8 Å². The van der Waals surface area contributed by atoms with E-state index in [-0.39, 0.29) is 25.4 Å². The van der Waals surface area contributed by atoms with Crippen molar-refractivity contribution in [1.82, 2.24) is 10.6 Å². The van der Waals surface area contributed by atoms with E-state index in [1.807, 2.05) is 54.8 Å². The highest BCUT2D eigenvalue weighted by Crippen LogP contribution is 2.44. The fourth-order valence-corrected chi connectivity index (χ4v) is 4.35. The summed E-state index contributed by atoms with van der Waals surface area (Å²) in [6.45, 7) is 0.0930. The molecule has 1 aliphatic rings. The lowest BCUT2D eigenvalue weighted by Gasteiger charge is -2.20. The molecule has 2 amide bonds. The molecular weight excluding hydrogens is 440 g/mol. The standard InChI is InChI=1S/C25H26N2O5S/c1-3-8-21(23(28)26-22(24(29)30)13-14-33-2)27-25(31)32-15-20-18-11-6-4-9-16(18)17-10-5-7-12-19(17)20/h1,4-7,9-12,20-22H,8,13-15H2,2H3,(H,26,28)(H,27,31)(H,29,30)/t21?,22-/m1/s1. The van der Waals surface area contributed by atoms with Crippen molar-refractivity contribution in [2.45, 2.75) is 30.8 Å². The SMILES string of the molecule is C#CCC(NC(=O)OCC1c2ccccc2-c2ccccc21)C(=O)N[C@H](CCSC)C(=O)O. The number of ether oxygens (including phenoxy) is 1. The molecule has 0 radical (unpaired) electrons. The number of nitrogens with one attached hydrogen (secondary N) is 2. The van der Waals surface area contributed by atoms with Gasteiger partial charge in [-0.05, 0) is 40.7 Å². The van der Waals surface area contributed by atoms with Gasteiger partial charge in [0.05, 0.1) is 0 Å². The Bertz CT molecular complexity index is 1020. The normalized spacial score (nSPS) is 13.7. The first-order valence-corrected chi connectivity index (χ1v) is 11.9. The Morgan fingerprint density at radius 1 is 1.06 bits per heavy atom. The molecule has 0 bridgehead atoms. The number of fused-ring (bicyclic) bond motifs is 3. The molecule has 3 rings (SSSR count). The van der Waals surface area contributed by atoms with Crippen LogP contribution in [0.15, 0.2) is 48.5 Å². The number of carboxylic acids is 1. The number of alkyl carbamates (subject to hydrolysis) is 1. The van der Waals surface area contributed by atoms with Crippen LogP contribution < -0.4 is 10.6 Å². The smallest absolute Gasteiger partial charge is 0.407 e. The van der Waals surface area contributed by atoms with Gasteiger partial charge in [0.1, 0.15) is 18.7 Å². The van der Waals surface area contributed by atoms with Gasteiger partial charge in [-0.15, -0.1) is 12.3 Å². The van der Waals surface area contributed by atoms with Crippen molar-refractivity contribution in [3.8, 4) is 23.5 Å². The maximum absolute atomic E-state index is 12.6. The number of rotatable bonds is 10. The summed E-state index contributed by atoms with van der Waals surface area (Å²) in [7, 11) is 0. The van der Waals surface area contributed by atoms with Crippen molar-refractivity contribution in [3.05, 3.63) is 59.7 Å². The zero-order valence-electron chi connectivity index (χ0n) is 18.2. The quantitative estimate of drug-likeness (QED) is 0.465. The van der Waals surface area contributed by atoms with E-state index >= 15 is 0 Å². The lowest BCUT2D eigenvalue weighted by atomic mass is 9.98. The number of hydrogen-bond donors (Lipinski definition) is 3. The van der Waals surface area contributed by atoms with E-state index in [1.54, 1.807) is 0 Å². The van der Waals surface area contributed by atoms with Gasteiger partial charge in [0.15, 0.2) is 0 Å². The molecule has 1 unspecified atom stereocenters. The van der Waals surface area contributed by atoms with Crippen LogP contribution in [0.2, 0.25) is 0 Å². The monoisotopic (exact) mass is 466 g/mol.